The largest absolute Gasteiger partial charge is 0.293 e. The summed E-state index contributed by atoms with van der Waals surface area (Å²) in [5.74, 6) is 0. The van der Waals surface area contributed by atoms with Crippen LogP contribution in [0.3, 0.4) is 0 Å². The second-order valence-electron chi connectivity index (χ2n) is 1.01. The Morgan fingerprint density at radius 2 is 2.50 bits per heavy atom. The third-order valence-corrected chi connectivity index (χ3v) is 0.435. The fourth-order valence-electron chi connectivity index (χ4n) is 0.161. The van der Waals surface area contributed by atoms with E-state index in [1.165, 1.54) is 0 Å². The van der Waals surface area contributed by atoms with Crippen molar-refractivity contribution in [3.8, 4) is 0 Å². The molecule has 1 N–H and O–H groups in total. The van der Waals surface area contributed by atoms with Crippen LogP contribution in [0.4, 0.5) is 0 Å². The van der Waals surface area contributed by atoms with Crippen LogP contribution in [0.25, 0.3) is 0 Å². The molecule has 0 aromatic heterocycles. The predicted octanol–water partition coefficient (Wildman–Crippen LogP) is 0.586. The van der Waals surface area contributed by atoms with Gasteiger partial charge in [0.1, 0.15) is 7.11 Å². The third-order valence-electron chi connectivity index (χ3n) is 0.435. The Balaban J connectivity index is 2.34. The summed E-state index contributed by atoms with van der Waals surface area (Å²) in [5.41, 5.74) is 2.48. The average molecular weight is 87.1 g/mol. The van der Waals surface area contributed by atoms with Gasteiger partial charge in [0, 0.05) is 6.54 Å². The molecule has 0 saturated carbocycles. The first-order valence-corrected chi connectivity index (χ1v) is 2.00. The number of hydroxylamine groups is 1. The minimum absolute atomic E-state index is 0.816. The molecule has 0 spiro atoms. The second kappa shape index (κ2) is 4.92. The smallest absolute Gasteiger partial charge is 0.141 e. The normalized spacial score (nSPS) is 9.00. The van der Waals surface area contributed by atoms with Crippen molar-refractivity contribution in [2.75, 3.05) is 6.54 Å². The van der Waals surface area contributed by atoms with Crippen molar-refractivity contribution in [3.05, 3.63) is 7.11 Å². The Morgan fingerprint density at radius 3 is 2.67 bits per heavy atom. The summed E-state index contributed by atoms with van der Waals surface area (Å²) in [6.07, 6.45) is 1.04. The molecular formula is C4H9NO. The van der Waals surface area contributed by atoms with Gasteiger partial charge in [0.05, 0.1) is 0 Å². The van der Waals surface area contributed by atoms with E-state index in [-0.39, 0.29) is 0 Å². The summed E-state index contributed by atoms with van der Waals surface area (Å²) in [6.45, 7) is 2.85. The molecule has 0 heterocycles. The lowest BCUT2D eigenvalue weighted by molar-refractivity contribution is 0.128. The van der Waals surface area contributed by atoms with E-state index in [4.69, 9.17) is 0 Å². The van der Waals surface area contributed by atoms with Crippen LogP contribution in [-0.4, -0.2) is 6.54 Å². The van der Waals surface area contributed by atoms with Gasteiger partial charge in [-0.05, 0) is 6.42 Å². The van der Waals surface area contributed by atoms with Gasteiger partial charge in [-0.25, -0.2) is 5.48 Å². The van der Waals surface area contributed by atoms with Crippen molar-refractivity contribution >= 4 is 0 Å². The van der Waals surface area contributed by atoms with Gasteiger partial charge in [-0.3, -0.25) is 4.84 Å². The van der Waals surface area contributed by atoms with E-state index < -0.39 is 0 Å². The molecule has 36 valence electrons. The summed E-state index contributed by atoms with van der Waals surface area (Å²) in [5, 5.41) is 0. The Kier molecular flexibility index (Phi) is 4.85. The van der Waals surface area contributed by atoms with E-state index in [9.17, 15) is 0 Å². The first-order valence-electron chi connectivity index (χ1n) is 2.00. The molecule has 0 atom stereocenters. The first kappa shape index (κ1) is 5.92. The van der Waals surface area contributed by atoms with Gasteiger partial charge in [-0.2, -0.15) is 0 Å². The molecule has 0 aliphatic carbocycles. The fraction of sp³-hybridized carbons (Fsp3) is 0.750. The molecule has 0 rings (SSSR count). The molecule has 2 nitrogen and oxygen atoms in total. The summed E-state index contributed by atoms with van der Waals surface area (Å²) in [6, 6.07) is 0. The van der Waals surface area contributed by atoms with E-state index in [1.807, 2.05) is 6.92 Å². The van der Waals surface area contributed by atoms with E-state index in [0.29, 0.717) is 0 Å². The highest BCUT2D eigenvalue weighted by Crippen LogP contribution is 1.66. The molecule has 0 aromatic carbocycles. The number of rotatable bonds is 3. The molecule has 6 heavy (non-hydrogen) atoms. The summed E-state index contributed by atoms with van der Waals surface area (Å²) < 4.78 is 0. The highest BCUT2D eigenvalue weighted by Gasteiger charge is 1.71. The quantitative estimate of drug-likeness (QED) is 0.401. The molecular weight excluding hydrogens is 78.0 g/mol. The Hall–Kier alpha value is -0.0800. The van der Waals surface area contributed by atoms with Crippen molar-refractivity contribution < 1.29 is 4.84 Å². The maximum Gasteiger partial charge on any atom is 0.141 e. The van der Waals surface area contributed by atoms with Crippen LogP contribution in [-0.2, 0) is 4.84 Å². The van der Waals surface area contributed by atoms with Crippen LogP contribution < -0.4 is 5.48 Å². The zero-order valence-electron chi connectivity index (χ0n) is 3.90. The summed E-state index contributed by atoms with van der Waals surface area (Å²) >= 11 is 0. The van der Waals surface area contributed by atoms with Crippen molar-refractivity contribution in [1.82, 2.24) is 5.48 Å². The van der Waals surface area contributed by atoms with E-state index in [1.54, 1.807) is 0 Å². The average Bonchev–Trinajstić information content (AvgIpc) is 1.61. The molecule has 2 radical (unpaired) electrons. The number of hydrogen-bond acceptors (Lipinski definition) is 2. The summed E-state index contributed by atoms with van der Waals surface area (Å²) in [4.78, 5) is 4.03. The van der Waals surface area contributed by atoms with E-state index in [0.717, 1.165) is 13.0 Å². The van der Waals surface area contributed by atoms with Gasteiger partial charge >= 0.3 is 0 Å². The standard InChI is InChI=1S/C4H9NO/c1-3-4-5-6-2/h2,5H,3-4H2,1H3. The lowest BCUT2D eigenvalue weighted by atomic mass is 10.5. The van der Waals surface area contributed by atoms with Gasteiger partial charge in [-0.1, -0.05) is 6.92 Å². The lowest BCUT2D eigenvalue weighted by Crippen LogP contribution is -2.10. The van der Waals surface area contributed by atoms with Crippen LogP contribution in [0.1, 0.15) is 13.3 Å². The zero-order valence-corrected chi connectivity index (χ0v) is 3.90. The van der Waals surface area contributed by atoms with Gasteiger partial charge in [0.2, 0.25) is 0 Å². The van der Waals surface area contributed by atoms with Crippen molar-refractivity contribution in [2.24, 2.45) is 0 Å². The monoisotopic (exact) mass is 87.1 g/mol. The topological polar surface area (TPSA) is 21.3 Å². The van der Waals surface area contributed by atoms with Crippen molar-refractivity contribution in [1.29, 1.82) is 0 Å². The van der Waals surface area contributed by atoms with Gasteiger partial charge in [0.15, 0.2) is 0 Å². The van der Waals surface area contributed by atoms with Gasteiger partial charge in [0.25, 0.3) is 0 Å². The first-order chi connectivity index (χ1) is 2.91. The highest BCUT2D eigenvalue weighted by atomic mass is 16.6. The number of hydrogen-bond donors (Lipinski definition) is 1. The maximum absolute atomic E-state index is 4.60. The maximum atomic E-state index is 4.60. The molecule has 0 aliphatic heterocycles. The van der Waals surface area contributed by atoms with Gasteiger partial charge < -0.3 is 0 Å². The van der Waals surface area contributed by atoms with Crippen LogP contribution >= 0.6 is 0 Å². The molecule has 0 bridgehead atoms. The van der Waals surface area contributed by atoms with Crippen molar-refractivity contribution in [2.45, 2.75) is 13.3 Å². The third kappa shape index (κ3) is 3.92. The molecule has 0 saturated heterocycles. The molecule has 0 unspecified atom stereocenters. The lowest BCUT2D eigenvalue weighted by Gasteiger charge is -1.92. The Morgan fingerprint density at radius 1 is 1.83 bits per heavy atom. The number of nitrogens with one attached hydrogen (secondary N) is 1. The van der Waals surface area contributed by atoms with Crippen LogP contribution in [0, 0.1) is 7.11 Å². The SMILES string of the molecule is [CH]ONCCC. The molecule has 0 aliphatic rings. The minimum Gasteiger partial charge on any atom is -0.293 e. The van der Waals surface area contributed by atoms with Crippen molar-refractivity contribution in [3.63, 3.8) is 0 Å². The molecule has 0 fully saturated rings. The Bertz CT molecular complexity index is 19.5. The molecule has 0 amide bonds. The Labute approximate surface area is 38.5 Å². The van der Waals surface area contributed by atoms with Crippen LogP contribution in [0.5, 0.6) is 0 Å². The second-order valence-corrected chi connectivity index (χ2v) is 1.01. The molecule has 2 heteroatoms. The van der Waals surface area contributed by atoms with Crippen LogP contribution in [0.2, 0.25) is 0 Å². The predicted molar refractivity (Wildman–Crippen MR) is 23.7 cm³/mol. The minimum atomic E-state index is 0.816. The van der Waals surface area contributed by atoms with Crippen LogP contribution in [0.15, 0.2) is 0 Å². The highest BCUT2D eigenvalue weighted by molar-refractivity contribution is 4.24. The van der Waals surface area contributed by atoms with Gasteiger partial charge in [-0.15, -0.1) is 0 Å². The molecule has 0 aromatic rings. The van der Waals surface area contributed by atoms with E-state index in [2.05, 4.69) is 17.4 Å². The fourth-order valence-corrected chi connectivity index (χ4v) is 0.161. The zero-order chi connectivity index (χ0) is 4.83. The summed E-state index contributed by atoms with van der Waals surface area (Å²) in [7, 11) is 4.60. The van der Waals surface area contributed by atoms with E-state index >= 15 is 0 Å².